The monoisotopic (exact) mass is 487 g/mol. The van der Waals surface area contributed by atoms with Gasteiger partial charge in [-0.15, -0.1) is 0 Å². The van der Waals surface area contributed by atoms with Gasteiger partial charge in [0.15, 0.2) is 0 Å². The number of hydrogen-bond acceptors (Lipinski definition) is 6. The van der Waals surface area contributed by atoms with Crippen LogP contribution in [0.5, 0.6) is 5.75 Å². The number of methoxy groups -OCH3 is 1. The lowest BCUT2D eigenvalue weighted by molar-refractivity contribution is -0.127. The number of hydrogen-bond donors (Lipinski definition) is 0. The second kappa shape index (κ2) is 7.60. The number of Topliss-reactive ketones (excluding diaryl/α,β-unsaturated/α-hetero) is 2. The van der Waals surface area contributed by atoms with Crippen LogP contribution >= 0.6 is 11.6 Å². The summed E-state index contributed by atoms with van der Waals surface area (Å²) in [5, 5.41) is 0.296. The van der Waals surface area contributed by atoms with Crippen molar-refractivity contribution in [2.45, 2.75) is 11.7 Å². The Balaban J connectivity index is 1.56. The lowest BCUT2D eigenvalue weighted by atomic mass is 9.77. The first-order valence-electron chi connectivity index (χ1n) is 11.0. The van der Waals surface area contributed by atoms with Gasteiger partial charge in [-0.3, -0.25) is 19.2 Å². The zero-order chi connectivity index (χ0) is 24.5. The molecule has 3 aromatic rings. The van der Waals surface area contributed by atoms with Crippen molar-refractivity contribution in [2.75, 3.05) is 12.0 Å². The van der Waals surface area contributed by atoms with E-state index in [4.69, 9.17) is 21.1 Å². The van der Waals surface area contributed by atoms with Crippen LogP contribution in [0.3, 0.4) is 0 Å². The van der Waals surface area contributed by atoms with Crippen molar-refractivity contribution in [2.24, 2.45) is 11.8 Å². The van der Waals surface area contributed by atoms with Gasteiger partial charge in [-0.1, -0.05) is 66.2 Å². The van der Waals surface area contributed by atoms with Crippen LogP contribution in [0.25, 0.3) is 0 Å². The van der Waals surface area contributed by atoms with Gasteiger partial charge >= 0.3 is 0 Å². The molecule has 0 aromatic heterocycles. The van der Waals surface area contributed by atoms with Gasteiger partial charge in [0.2, 0.25) is 29.0 Å². The summed E-state index contributed by atoms with van der Waals surface area (Å²) in [4.78, 5) is 56.3. The smallest absolute Gasteiger partial charge is 0.241 e. The number of ketones is 2. The van der Waals surface area contributed by atoms with Crippen LogP contribution in [0, 0.1) is 11.8 Å². The number of carbonyl (C=O) groups excluding carboxylic acids is 4. The Hall–Kier alpha value is -3.81. The largest absolute Gasteiger partial charge is 0.495 e. The molecule has 2 saturated heterocycles. The number of carbonyl (C=O) groups is 4. The van der Waals surface area contributed by atoms with Crippen LogP contribution < -0.4 is 9.64 Å². The third-order valence-corrected chi connectivity index (χ3v) is 7.26. The Kier molecular flexibility index (Phi) is 4.71. The van der Waals surface area contributed by atoms with Crippen LogP contribution in [-0.2, 0) is 14.3 Å². The van der Waals surface area contributed by atoms with Crippen LogP contribution in [0.4, 0.5) is 5.69 Å². The Morgan fingerprint density at radius 3 is 2.11 bits per heavy atom. The predicted octanol–water partition coefficient (Wildman–Crippen LogP) is 4.04. The van der Waals surface area contributed by atoms with Crippen molar-refractivity contribution >= 4 is 40.7 Å². The number of fused-ring (bicyclic) bond motifs is 3. The van der Waals surface area contributed by atoms with Gasteiger partial charge < -0.3 is 9.47 Å². The second-order valence-corrected chi connectivity index (χ2v) is 9.16. The first-order chi connectivity index (χ1) is 16.9. The van der Waals surface area contributed by atoms with E-state index in [0.29, 0.717) is 10.6 Å². The average molecular weight is 488 g/mol. The minimum Gasteiger partial charge on any atom is -0.495 e. The molecule has 2 fully saturated rings. The Bertz CT molecular complexity index is 1400. The quantitative estimate of drug-likeness (QED) is 0.409. The molecule has 0 saturated carbocycles. The SMILES string of the molecule is COc1ccc(Cl)cc1N1C(=O)[C@H]2[C@@H](c3ccccc3)OC3(C(=O)c4ccccc4C3=O)[C@@H]2C1=O. The molecule has 35 heavy (non-hydrogen) atoms. The Morgan fingerprint density at radius 1 is 0.857 bits per heavy atom. The van der Waals surface area contributed by atoms with Gasteiger partial charge in [0.25, 0.3) is 0 Å². The summed E-state index contributed by atoms with van der Waals surface area (Å²) in [5.41, 5.74) is -1.01. The molecule has 1 aliphatic carbocycles. The van der Waals surface area contributed by atoms with E-state index in [-0.39, 0.29) is 22.6 Å². The minimum atomic E-state index is -2.12. The molecule has 3 atom stereocenters. The number of imide groups is 1. The van der Waals surface area contributed by atoms with E-state index in [1.165, 1.54) is 25.3 Å². The van der Waals surface area contributed by atoms with Crippen LogP contribution in [-0.4, -0.2) is 36.1 Å². The van der Waals surface area contributed by atoms with Crippen molar-refractivity contribution in [3.05, 3.63) is 94.5 Å². The van der Waals surface area contributed by atoms with Crippen molar-refractivity contribution < 1.29 is 28.7 Å². The van der Waals surface area contributed by atoms with Gasteiger partial charge in [0, 0.05) is 16.1 Å². The molecule has 174 valence electrons. The number of nitrogens with zero attached hydrogens (tertiary/aromatic N) is 1. The van der Waals surface area contributed by atoms with E-state index in [1.54, 1.807) is 54.6 Å². The first kappa shape index (κ1) is 21.7. The highest BCUT2D eigenvalue weighted by atomic mass is 35.5. The summed E-state index contributed by atoms with van der Waals surface area (Å²) >= 11 is 6.18. The lowest BCUT2D eigenvalue weighted by Gasteiger charge is -2.27. The first-order valence-corrected chi connectivity index (χ1v) is 11.4. The fourth-order valence-electron chi connectivity index (χ4n) is 5.54. The topological polar surface area (TPSA) is 90.0 Å². The molecule has 0 unspecified atom stereocenters. The molecule has 0 radical (unpaired) electrons. The van der Waals surface area contributed by atoms with Crippen molar-refractivity contribution in [1.82, 2.24) is 0 Å². The van der Waals surface area contributed by atoms with Crippen molar-refractivity contribution in [3.63, 3.8) is 0 Å². The summed E-state index contributed by atoms with van der Waals surface area (Å²) in [6.45, 7) is 0. The molecule has 7 nitrogen and oxygen atoms in total. The highest BCUT2D eigenvalue weighted by Gasteiger charge is 2.74. The molecule has 6 rings (SSSR count). The molecule has 0 N–H and O–H groups in total. The second-order valence-electron chi connectivity index (χ2n) is 8.72. The molecule has 2 heterocycles. The average Bonchev–Trinajstić information content (AvgIpc) is 3.44. The molecular weight excluding hydrogens is 470 g/mol. The summed E-state index contributed by atoms with van der Waals surface area (Å²) in [6, 6.07) is 19.8. The molecule has 8 heteroatoms. The van der Waals surface area contributed by atoms with Crippen molar-refractivity contribution in [1.29, 1.82) is 0 Å². The van der Waals surface area contributed by atoms with Crippen LogP contribution in [0.1, 0.15) is 32.4 Å². The number of halogens is 1. The molecular formula is C27H18ClNO6. The minimum absolute atomic E-state index is 0.154. The maximum Gasteiger partial charge on any atom is 0.241 e. The van der Waals surface area contributed by atoms with Gasteiger partial charge in [-0.2, -0.15) is 0 Å². The van der Waals surface area contributed by atoms with Crippen molar-refractivity contribution in [3.8, 4) is 5.75 Å². The molecule has 3 aliphatic rings. The highest BCUT2D eigenvalue weighted by Crippen LogP contribution is 2.58. The molecule has 2 amide bonds. The fraction of sp³-hybridized carbons (Fsp3) is 0.185. The molecule has 3 aromatic carbocycles. The van der Waals surface area contributed by atoms with Gasteiger partial charge in [-0.05, 0) is 23.8 Å². The van der Waals surface area contributed by atoms with Crippen LogP contribution in [0.15, 0.2) is 72.8 Å². The van der Waals surface area contributed by atoms with E-state index in [0.717, 1.165) is 4.90 Å². The maximum absolute atomic E-state index is 14.0. The number of rotatable bonds is 3. The summed E-state index contributed by atoms with van der Waals surface area (Å²) in [7, 11) is 1.41. The highest BCUT2D eigenvalue weighted by molar-refractivity contribution is 6.37. The Morgan fingerprint density at radius 2 is 1.49 bits per heavy atom. The fourth-order valence-corrected chi connectivity index (χ4v) is 5.70. The zero-order valence-corrected chi connectivity index (χ0v) is 19.2. The number of anilines is 1. The normalized spacial score (nSPS) is 24.3. The van der Waals surface area contributed by atoms with E-state index in [2.05, 4.69) is 0 Å². The molecule has 1 spiro atoms. The maximum atomic E-state index is 14.0. The van der Waals surface area contributed by atoms with Crippen LogP contribution in [0.2, 0.25) is 5.02 Å². The molecule has 2 aliphatic heterocycles. The van der Waals surface area contributed by atoms with Gasteiger partial charge in [0.1, 0.15) is 5.75 Å². The third kappa shape index (κ3) is 2.76. The van der Waals surface area contributed by atoms with Gasteiger partial charge in [-0.25, -0.2) is 4.90 Å². The Labute approximate surface area is 205 Å². The van der Waals surface area contributed by atoms with E-state index >= 15 is 0 Å². The van der Waals surface area contributed by atoms with E-state index < -0.39 is 46.9 Å². The van der Waals surface area contributed by atoms with E-state index in [1.807, 2.05) is 0 Å². The van der Waals surface area contributed by atoms with E-state index in [9.17, 15) is 19.2 Å². The summed E-state index contributed by atoms with van der Waals surface area (Å²) < 4.78 is 11.6. The third-order valence-electron chi connectivity index (χ3n) is 7.03. The number of ether oxygens (including phenoxy) is 2. The number of amides is 2. The number of benzene rings is 3. The lowest BCUT2D eigenvalue weighted by Crippen LogP contribution is -2.51. The summed E-state index contributed by atoms with van der Waals surface area (Å²) in [6.07, 6.45) is -0.977. The standard InChI is InChI=1S/C27H18ClNO6/c1-34-19-12-11-15(28)13-18(19)29-25(32)20-21(26(29)33)27(35-22(20)14-7-3-2-4-8-14)23(30)16-9-5-6-10-17(16)24(27)31/h2-13,20-22H,1H3/t20-,21+,22-/m1/s1. The van der Waals surface area contributed by atoms with Gasteiger partial charge in [0.05, 0.1) is 30.7 Å². The summed E-state index contributed by atoms with van der Waals surface area (Å²) in [5.74, 6) is -4.65. The zero-order valence-electron chi connectivity index (χ0n) is 18.4. The molecule has 0 bridgehead atoms. The predicted molar refractivity (Wildman–Crippen MR) is 126 cm³/mol.